The van der Waals surface area contributed by atoms with E-state index in [2.05, 4.69) is 23.7 Å². The molecule has 2 aromatic heterocycles. The van der Waals surface area contributed by atoms with Gasteiger partial charge < -0.3 is 14.5 Å². The van der Waals surface area contributed by atoms with Crippen LogP contribution in [-0.4, -0.2) is 27.5 Å². The fourth-order valence-electron chi connectivity index (χ4n) is 4.19. The highest BCUT2D eigenvalue weighted by Gasteiger charge is 2.27. The molecule has 0 unspecified atom stereocenters. The van der Waals surface area contributed by atoms with Gasteiger partial charge in [-0.15, -0.1) is 11.3 Å². The van der Waals surface area contributed by atoms with E-state index >= 15 is 0 Å². The molecule has 0 aliphatic carbocycles. The minimum absolute atomic E-state index is 0.0748. The molecule has 0 spiro atoms. The van der Waals surface area contributed by atoms with Crippen molar-refractivity contribution in [1.82, 2.24) is 5.32 Å². The van der Waals surface area contributed by atoms with E-state index in [0.717, 1.165) is 5.56 Å². The number of esters is 1. The number of nitrogens with zero attached hydrogens (tertiary/aromatic N) is 1. The summed E-state index contributed by atoms with van der Waals surface area (Å²) in [7, 11) is -3.94. The van der Waals surface area contributed by atoms with Crippen LogP contribution in [0.1, 0.15) is 46.0 Å². The smallest absolute Gasteiger partial charge is 0.374 e. The minimum Gasteiger partial charge on any atom is -0.460 e. The quantitative estimate of drug-likeness (QED) is 0.224. The Balaban J connectivity index is 1.66. The van der Waals surface area contributed by atoms with Crippen LogP contribution >= 0.6 is 22.9 Å². The van der Waals surface area contributed by atoms with Crippen LogP contribution in [-0.2, 0) is 27.8 Å². The Bertz CT molecular complexity index is 1540. The fraction of sp³-hybridized carbons (Fsp3) is 0.296. The summed E-state index contributed by atoms with van der Waals surface area (Å²) in [6.45, 7) is 8.82. The molecule has 10 heteroatoms. The molecule has 196 valence electrons. The Kier molecular flexibility index (Phi) is 8.28. The third kappa shape index (κ3) is 5.70. The molecule has 0 fully saturated rings. The highest BCUT2D eigenvalue weighted by molar-refractivity contribution is 7.92. The molecule has 0 radical (unpaired) electrons. The van der Waals surface area contributed by atoms with Crippen LogP contribution in [0.5, 0.6) is 0 Å². The number of anilines is 1. The summed E-state index contributed by atoms with van der Waals surface area (Å²) in [5.41, 5.74) is 3.50. The van der Waals surface area contributed by atoms with Crippen LogP contribution in [0.2, 0.25) is 5.02 Å². The lowest BCUT2D eigenvalue weighted by molar-refractivity contribution is 0.0491. The second-order valence-corrected chi connectivity index (χ2v) is 11.9. The fourth-order valence-corrected chi connectivity index (χ4v) is 6.77. The number of hydrogen-bond donors (Lipinski definition) is 1. The molecular weight excluding hydrogens is 532 g/mol. The Labute approximate surface area is 226 Å². The SMILES string of the molecule is CCOC(=O)c1oc2ccc(S(=O)(=O)N(CC)c3ccc(Cl)cc3CNCc3cc(C)cs3)cc2c1C. The van der Waals surface area contributed by atoms with Gasteiger partial charge in [0, 0.05) is 40.5 Å². The van der Waals surface area contributed by atoms with Crippen molar-refractivity contribution in [2.24, 2.45) is 0 Å². The molecule has 0 aliphatic heterocycles. The zero-order valence-corrected chi connectivity index (χ0v) is 23.5. The Hall–Kier alpha value is -2.85. The third-order valence-corrected chi connectivity index (χ3v) is 9.13. The van der Waals surface area contributed by atoms with Crippen molar-refractivity contribution in [3.63, 3.8) is 0 Å². The standard InChI is InChI=1S/C27H29ClN2O5S2/c1-5-30(24-9-7-20(28)12-19(24)14-29-15-21-11-17(3)16-36-21)37(32,33)22-8-10-25-23(13-22)18(4)26(35-25)27(31)34-6-2/h7-13,16,29H,5-6,14-15H2,1-4H3. The molecule has 0 bridgehead atoms. The monoisotopic (exact) mass is 560 g/mol. The number of ether oxygens (including phenoxy) is 1. The summed E-state index contributed by atoms with van der Waals surface area (Å²) in [5, 5.41) is 6.57. The van der Waals surface area contributed by atoms with E-state index in [4.69, 9.17) is 20.8 Å². The van der Waals surface area contributed by atoms with Gasteiger partial charge in [0.25, 0.3) is 10.0 Å². The van der Waals surface area contributed by atoms with E-state index in [9.17, 15) is 13.2 Å². The first-order valence-electron chi connectivity index (χ1n) is 11.9. The molecular formula is C27H29ClN2O5S2. The van der Waals surface area contributed by atoms with Gasteiger partial charge in [-0.25, -0.2) is 13.2 Å². The summed E-state index contributed by atoms with van der Waals surface area (Å²) in [5.74, 6) is -0.502. The molecule has 1 N–H and O–H groups in total. The molecule has 4 aromatic rings. The van der Waals surface area contributed by atoms with E-state index < -0.39 is 16.0 Å². The molecule has 0 saturated heterocycles. The van der Waals surface area contributed by atoms with Gasteiger partial charge in [0.15, 0.2) is 0 Å². The molecule has 0 amide bonds. The number of benzene rings is 2. The van der Waals surface area contributed by atoms with Crippen molar-refractivity contribution in [1.29, 1.82) is 0 Å². The molecule has 37 heavy (non-hydrogen) atoms. The van der Waals surface area contributed by atoms with Gasteiger partial charge in [-0.05, 0) is 86.7 Å². The van der Waals surface area contributed by atoms with Gasteiger partial charge in [0.1, 0.15) is 5.58 Å². The summed E-state index contributed by atoms with van der Waals surface area (Å²) in [6.07, 6.45) is 0. The average Bonchev–Trinajstić information content (AvgIpc) is 3.43. The highest BCUT2D eigenvalue weighted by atomic mass is 35.5. The van der Waals surface area contributed by atoms with Gasteiger partial charge in [0.2, 0.25) is 5.76 Å². The Morgan fingerprint density at radius 3 is 2.57 bits per heavy atom. The van der Waals surface area contributed by atoms with Crippen molar-refractivity contribution >= 4 is 55.6 Å². The molecule has 0 aliphatic rings. The topological polar surface area (TPSA) is 88.8 Å². The minimum atomic E-state index is -3.94. The van der Waals surface area contributed by atoms with Crippen LogP contribution < -0.4 is 9.62 Å². The second-order valence-electron chi connectivity index (χ2n) is 8.57. The summed E-state index contributed by atoms with van der Waals surface area (Å²) in [4.78, 5) is 13.5. The first-order valence-corrected chi connectivity index (χ1v) is 14.6. The van der Waals surface area contributed by atoms with Gasteiger partial charge in [-0.2, -0.15) is 0 Å². The number of fused-ring (bicyclic) bond motifs is 1. The van der Waals surface area contributed by atoms with Crippen molar-refractivity contribution in [3.8, 4) is 0 Å². The van der Waals surface area contributed by atoms with Crippen molar-refractivity contribution in [2.75, 3.05) is 17.5 Å². The molecule has 0 saturated carbocycles. The van der Waals surface area contributed by atoms with Crippen LogP contribution in [0, 0.1) is 13.8 Å². The van der Waals surface area contributed by atoms with Crippen LogP contribution in [0.15, 0.2) is 57.2 Å². The van der Waals surface area contributed by atoms with E-state index in [0.29, 0.717) is 40.3 Å². The van der Waals surface area contributed by atoms with Gasteiger partial charge in [-0.1, -0.05) is 11.6 Å². The third-order valence-electron chi connectivity index (χ3n) is 5.95. The predicted octanol–water partition coefficient (Wildman–Crippen LogP) is 6.45. The Morgan fingerprint density at radius 1 is 1.11 bits per heavy atom. The lowest BCUT2D eigenvalue weighted by Gasteiger charge is -2.26. The summed E-state index contributed by atoms with van der Waals surface area (Å²) < 4.78 is 39.8. The summed E-state index contributed by atoms with van der Waals surface area (Å²) >= 11 is 7.97. The molecule has 4 rings (SSSR count). The number of halogens is 1. The normalized spacial score (nSPS) is 11.7. The van der Waals surface area contributed by atoms with Crippen molar-refractivity contribution in [3.05, 3.63) is 80.2 Å². The van der Waals surface area contributed by atoms with E-state index in [1.807, 2.05) is 0 Å². The zero-order chi connectivity index (χ0) is 26.7. The Morgan fingerprint density at radius 2 is 1.89 bits per heavy atom. The lowest BCUT2D eigenvalue weighted by Crippen LogP contribution is -2.32. The molecule has 2 aromatic carbocycles. The highest BCUT2D eigenvalue weighted by Crippen LogP contribution is 2.33. The number of carbonyl (C=O) groups is 1. The number of carbonyl (C=O) groups excluding carboxylic acids is 1. The lowest BCUT2D eigenvalue weighted by atomic mass is 10.1. The maximum absolute atomic E-state index is 13.8. The van der Waals surface area contributed by atoms with Crippen molar-refractivity contribution in [2.45, 2.75) is 45.7 Å². The van der Waals surface area contributed by atoms with E-state index in [1.165, 1.54) is 20.8 Å². The molecule has 0 atom stereocenters. The number of hydrogen-bond acceptors (Lipinski definition) is 7. The summed E-state index contributed by atoms with van der Waals surface area (Å²) in [6, 6.07) is 11.9. The van der Waals surface area contributed by atoms with Crippen LogP contribution in [0.25, 0.3) is 11.0 Å². The number of rotatable bonds is 10. The maximum atomic E-state index is 13.8. The zero-order valence-electron chi connectivity index (χ0n) is 21.1. The number of furan rings is 1. The number of thiophene rings is 1. The van der Waals surface area contributed by atoms with Crippen LogP contribution in [0.4, 0.5) is 5.69 Å². The number of nitrogens with one attached hydrogen (secondary N) is 1. The van der Waals surface area contributed by atoms with Gasteiger partial charge in [-0.3, -0.25) is 4.31 Å². The predicted molar refractivity (Wildman–Crippen MR) is 148 cm³/mol. The number of aryl methyl sites for hydroxylation is 2. The van der Waals surface area contributed by atoms with Crippen LogP contribution in [0.3, 0.4) is 0 Å². The molecule has 2 heterocycles. The first-order chi connectivity index (χ1) is 17.6. The van der Waals surface area contributed by atoms with Crippen molar-refractivity contribution < 1.29 is 22.4 Å². The van der Waals surface area contributed by atoms with E-state index in [1.54, 1.807) is 62.4 Å². The molecule has 7 nitrogen and oxygen atoms in total. The first kappa shape index (κ1) is 27.2. The number of sulfonamides is 1. The van der Waals surface area contributed by atoms with E-state index in [-0.39, 0.29) is 23.8 Å². The van der Waals surface area contributed by atoms with Gasteiger partial charge >= 0.3 is 5.97 Å². The average molecular weight is 561 g/mol. The maximum Gasteiger partial charge on any atom is 0.374 e. The van der Waals surface area contributed by atoms with Gasteiger partial charge in [0.05, 0.1) is 17.2 Å². The second kappa shape index (κ2) is 11.3. The largest absolute Gasteiger partial charge is 0.460 e.